The van der Waals surface area contributed by atoms with Crippen LogP contribution in [0.3, 0.4) is 0 Å². The number of nitrogens with zero attached hydrogens (tertiary/aromatic N) is 1. The summed E-state index contributed by atoms with van der Waals surface area (Å²) in [4.78, 5) is 13.3. The zero-order chi connectivity index (χ0) is 41.0. The number of hydrogen-bond donors (Lipinski definition) is 2. The smallest absolute Gasteiger partial charge is 0.409 e. The molecule has 1 amide bonds. The molecule has 6 aliphatic heterocycles. The third kappa shape index (κ3) is 7.47. The molecule has 1 atom stereocenters. The molecular weight excluding hydrogens is 785 g/mol. The number of fused-ring (bicyclic) bond motifs is 4. The van der Waals surface area contributed by atoms with E-state index in [-0.39, 0.29) is 31.2 Å². The zero-order valence-electron chi connectivity index (χ0n) is 33.9. The minimum absolute atomic E-state index is 0.0719. The minimum Gasteiger partial charge on any atom is -0.467 e. The Morgan fingerprint density at radius 3 is 1.38 bits per heavy atom. The van der Waals surface area contributed by atoms with Crippen molar-refractivity contribution < 1.29 is 57.3 Å². The molecule has 0 radical (unpaired) electrons. The number of nitrogens with one attached hydrogen (secondary N) is 1. The molecule has 61 heavy (non-hydrogen) atoms. The number of benzene rings is 4. The van der Waals surface area contributed by atoms with E-state index in [1.165, 1.54) is 4.90 Å². The molecule has 14 nitrogen and oxygen atoms in total. The van der Waals surface area contributed by atoms with Gasteiger partial charge in [-0.2, -0.15) is 0 Å². The van der Waals surface area contributed by atoms with E-state index in [9.17, 15) is 9.90 Å². The van der Waals surface area contributed by atoms with Crippen molar-refractivity contribution in [1.82, 2.24) is 10.2 Å². The van der Waals surface area contributed by atoms with Crippen LogP contribution in [0.5, 0.6) is 23.0 Å². The Labute approximate surface area is 353 Å². The highest BCUT2D eigenvalue weighted by atomic mass is 16.7. The molecule has 4 fully saturated rings. The first-order chi connectivity index (χ1) is 29.9. The average molecular weight is 835 g/mol. The van der Waals surface area contributed by atoms with Crippen LogP contribution in [0, 0.1) is 10.8 Å². The number of carbonyl (C=O) groups is 1. The van der Waals surface area contributed by atoms with Gasteiger partial charge in [-0.3, -0.25) is 4.90 Å². The quantitative estimate of drug-likeness (QED) is 0.184. The summed E-state index contributed by atoms with van der Waals surface area (Å²) in [5, 5.41) is 13.1. The number of likely N-dealkylation sites (tertiary alicyclic amines) is 1. The second-order valence-electron chi connectivity index (χ2n) is 17.6. The van der Waals surface area contributed by atoms with Crippen molar-refractivity contribution in [2.24, 2.45) is 10.8 Å². The van der Waals surface area contributed by atoms with Crippen molar-refractivity contribution in [2.75, 3.05) is 46.8 Å². The Kier molecular flexibility index (Phi) is 10.3. The van der Waals surface area contributed by atoms with Gasteiger partial charge in [0.2, 0.25) is 0 Å². The first-order valence-corrected chi connectivity index (χ1v) is 21.3. The molecule has 2 saturated heterocycles. The lowest BCUT2D eigenvalue weighted by Crippen LogP contribution is -2.69. The molecule has 2 aliphatic carbocycles. The summed E-state index contributed by atoms with van der Waals surface area (Å²) in [6.07, 6.45) is 3.65. The summed E-state index contributed by atoms with van der Waals surface area (Å²) in [5.74, 6) is 3.40. The van der Waals surface area contributed by atoms with E-state index in [1.54, 1.807) is 0 Å². The Balaban J connectivity index is 0.000000138. The van der Waals surface area contributed by atoms with E-state index >= 15 is 0 Å². The highest BCUT2D eigenvalue weighted by Crippen LogP contribution is 2.55. The average Bonchev–Trinajstić information content (AvgIpc) is 3.24. The molecule has 8 aliphatic rings. The van der Waals surface area contributed by atoms with Crippen molar-refractivity contribution in [3.8, 4) is 23.0 Å². The lowest BCUT2D eigenvalue weighted by atomic mass is 9.62. The van der Waals surface area contributed by atoms with Crippen LogP contribution in [-0.4, -0.2) is 75.2 Å². The van der Waals surface area contributed by atoms with Crippen LogP contribution < -0.4 is 24.3 Å². The van der Waals surface area contributed by atoms with Crippen LogP contribution in [0.25, 0.3) is 0 Å². The molecule has 0 bridgehead atoms. The van der Waals surface area contributed by atoms with Crippen molar-refractivity contribution in [1.29, 1.82) is 0 Å². The second-order valence-corrected chi connectivity index (χ2v) is 17.6. The standard InChI is InChI=1S/C24H25NO7.C23H25NO5/c26-23(27)25-12-24(6-1-7-24)22(25)32-21(15-2-4-19-17(8-15)10-28-13-30-19)16-3-5-20-18(9-16)11-29-14-31-20;1-3-20-17(9-25-13-27-20)5-15(1)22(29-19-7-23(8-19)11-24-12-23)16-2-4-21-18(6-16)10-26-14-28-21/h2-5,8-9,21-22H,1,6-7,10-14H2,(H,26,27);1-6,19,22,24H,7-14H2. The number of hydrogen-bond acceptors (Lipinski definition) is 12. The topological polar surface area (TPSA) is 145 Å². The van der Waals surface area contributed by atoms with Crippen molar-refractivity contribution in [3.63, 3.8) is 0 Å². The van der Waals surface area contributed by atoms with Crippen molar-refractivity contribution in [2.45, 2.75) is 83.1 Å². The Bertz CT molecular complexity index is 2170. The van der Waals surface area contributed by atoms with Crippen molar-refractivity contribution >= 4 is 6.09 Å². The normalized spacial score (nSPS) is 22.5. The van der Waals surface area contributed by atoms with Crippen LogP contribution in [0.4, 0.5) is 4.79 Å². The summed E-state index contributed by atoms with van der Waals surface area (Å²) in [5.41, 5.74) is 8.57. The molecule has 0 aromatic heterocycles. The lowest BCUT2D eigenvalue weighted by Gasteiger charge is -2.60. The fourth-order valence-corrected chi connectivity index (χ4v) is 10.0. The van der Waals surface area contributed by atoms with Crippen LogP contribution in [0.15, 0.2) is 72.8 Å². The zero-order valence-corrected chi connectivity index (χ0v) is 33.9. The molecule has 2 N–H and O–H groups in total. The summed E-state index contributed by atoms with van der Waals surface area (Å²) < 4.78 is 57.5. The molecule has 320 valence electrons. The highest BCUT2D eigenvalue weighted by Gasteiger charge is 2.59. The molecule has 12 rings (SSSR count). The summed E-state index contributed by atoms with van der Waals surface area (Å²) in [6, 6.07) is 24.5. The lowest BCUT2D eigenvalue weighted by molar-refractivity contribution is -0.247. The molecular formula is C47H50N2O12. The number of amides is 1. The molecule has 4 aromatic carbocycles. The molecule has 2 saturated carbocycles. The molecule has 4 aromatic rings. The van der Waals surface area contributed by atoms with Crippen LogP contribution >= 0.6 is 0 Å². The van der Waals surface area contributed by atoms with E-state index < -0.39 is 18.4 Å². The summed E-state index contributed by atoms with van der Waals surface area (Å²) in [7, 11) is 0. The maximum atomic E-state index is 11.8. The third-order valence-electron chi connectivity index (χ3n) is 13.6. The SMILES string of the molecule is O=C(O)N1CC2(CCC2)C1OC(c1ccc2c(c1)COCO2)c1ccc2c(c1)COCO2.c1cc2c(cc1C(OC1CC3(CNC3)C1)c1ccc3c(c1)COCO3)COCO2. The number of ether oxygens (including phenoxy) is 10. The van der Waals surface area contributed by atoms with Gasteiger partial charge in [-0.15, -0.1) is 0 Å². The number of carboxylic acid groups (broad SMARTS) is 1. The first kappa shape index (κ1) is 39.0. The van der Waals surface area contributed by atoms with E-state index in [4.69, 9.17) is 47.4 Å². The maximum Gasteiger partial charge on any atom is 0.409 e. The second kappa shape index (κ2) is 16.1. The van der Waals surface area contributed by atoms with E-state index in [0.29, 0.717) is 52.0 Å². The van der Waals surface area contributed by atoms with Gasteiger partial charge in [0.1, 0.15) is 41.4 Å². The molecule has 14 heteroatoms. The van der Waals surface area contributed by atoms with Gasteiger partial charge >= 0.3 is 6.09 Å². The summed E-state index contributed by atoms with van der Waals surface area (Å²) in [6.45, 7) is 5.98. The van der Waals surface area contributed by atoms with Gasteiger partial charge in [-0.05, 0) is 96.5 Å². The molecule has 6 heterocycles. The largest absolute Gasteiger partial charge is 0.467 e. The highest BCUT2D eigenvalue weighted by molar-refractivity contribution is 5.67. The Hall–Kier alpha value is -4.93. The van der Waals surface area contributed by atoms with E-state index in [1.807, 2.05) is 48.5 Å². The van der Waals surface area contributed by atoms with Gasteiger partial charge in [0, 0.05) is 52.7 Å². The van der Waals surface area contributed by atoms with Gasteiger partial charge < -0.3 is 57.8 Å². The van der Waals surface area contributed by atoms with Crippen LogP contribution in [0.2, 0.25) is 0 Å². The third-order valence-corrected chi connectivity index (χ3v) is 13.6. The van der Waals surface area contributed by atoms with Gasteiger partial charge in [-0.1, -0.05) is 30.7 Å². The first-order valence-electron chi connectivity index (χ1n) is 21.3. The van der Waals surface area contributed by atoms with Gasteiger partial charge in [0.05, 0.1) is 32.5 Å². The molecule has 1 unspecified atom stereocenters. The number of rotatable bonds is 8. The Morgan fingerprint density at radius 2 is 1.03 bits per heavy atom. The van der Waals surface area contributed by atoms with Crippen LogP contribution in [0.1, 0.15) is 88.8 Å². The van der Waals surface area contributed by atoms with Gasteiger partial charge in [0.15, 0.2) is 27.2 Å². The van der Waals surface area contributed by atoms with E-state index in [0.717, 1.165) is 113 Å². The van der Waals surface area contributed by atoms with Crippen molar-refractivity contribution in [3.05, 3.63) is 117 Å². The molecule has 2 spiro atoms. The summed E-state index contributed by atoms with van der Waals surface area (Å²) >= 11 is 0. The predicted octanol–water partition coefficient (Wildman–Crippen LogP) is 7.29. The Morgan fingerprint density at radius 1 is 0.623 bits per heavy atom. The fraction of sp³-hybridized carbons (Fsp3) is 0.468. The monoisotopic (exact) mass is 834 g/mol. The fourth-order valence-electron chi connectivity index (χ4n) is 10.0. The maximum absolute atomic E-state index is 11.8. The predicted molar refractivity (Wildman–Crippen MR) is 216 cm³/mol. The van der Waals surface area contributed by atoms with Gasteiger partial charge in [-0.25, -0.2) is 4.79 Å². The minimum atomic E-state index is -0.939. The van der Waals surface area contributed by atoms with Gasteiger partial charge in [0.25, 0.3) is 0 Å². The van der Waals surface area contributed by atoms with E-state index in [2.05, 4.69) is 29.6 Å². The van der Waals surface area contributed by atoms with Crippen LogP contribution in [-0.2, 0) is 54.8 Å².